The number of hydrogen-bond donors (Lipinski definition) is 2. The third-order valence-electron chi connectivity index (χ3n) is 3.98. The molecule has 0 spiro atoms. The molecule has 120 valence electrons. The van der Waals surface area contributed by atoms with Gasteiger partial charge < -0.3 is 10.6 Å². The van der Waals surface area contributed by atoms with Gasteiger partial charge in [-0.2, -0.15) is 5.10 Å². The molecule has 1 aliphatic rings. The van der Waals surface area contributed by atoms with Crippen molar-refractivity contribution in [3.8, 4) is 0 Å². The van der Waals surface area contributed by atoms with E-state index in [1.54, 1.807) is 13.1 Å². The van der Waals surface area contributed by atoms with E-state index in [0.29, 0.717) is 19.6 Å². The van der Waals surface area contributed by atoms with Crippen LogP contribution in [0.5, 0.6) is 0 Å². The van der Waals surface area contributed by atoms with Crippen molar-refractivity contribution in [2.75, 3.05) is 20.1 Å². The quantitative estimate of drug-likeness (QED) is 0.714. The van der Waals surface area contributed by atoms with Gasteiger partial charge in [-0.05, 0) is 6.92 Å². The summed E-state index contributed by atoms with van der Waals surface area (Å²) >= 11 is 0. The molecule has 7 nitrogen and oxygen atoms in total. The van der Waals surface area contributed by atoms with E-state index in [0.717, 1.165) is 17.8 Å². The second kappa shape index (κ2) is 7.22. The number of nitrogens with one attached hydrogen (secondary N) is 2. The minimum absolute atomic E-state index is 0.0917. The first-order chi connectivity index (χ1) is 10.6. The summed E-state index contributed by atoms with van der Waals surface area (Å²) in [6, 6.07) is -0.434. The molecule has 2 rings (SSSR count). The van der Waals surface area contributed by atoms with Crippen molar-refractivity contribution in [1.29, 1.82) is 0 Å². The zero-order valence-electron chi connectivity index (χ0n) is 13.1. The SMILES string of the molecule is C=CCn1ncc(CN2CCNC(=O)[C@H]2CC(=O)NC)c1C. The van der Waals surface area contributed by atoms with Gasteiger partial charge in [0.1, 0.15) is 0 Å². The standard InChI is InChI=1S/C15H23N5O2/c1-4-6-20-11(2)12(9-18-20)10-19-7-5-17-15(22)13(19)8-14(21)16-3/h4,9,13H,1,5-8,10H2,2-3H3,(H,16,21)(H,17,22)/t13-/m1/s1. The zero-order chi connectivity index (χ0) is 16.1. The average molecular weight is 305 g/mol. The highest BCUT2D eigenvalue weighted by Gasteiger charge is 2.31. The Kier molecular flexibility index (Phi) is 5.32. The number of rotatable bonds is 6. The Balaban J connectivity index is 2.12. The van der Waals surface area contributed by atoms with Crippen molar-refractivity contribution in [3.05, 3.63) is 30.1 Å². The van der Waals surface area contributed by atoms with E-state index in [-0.39, 0.29) is 18.2 Å². The summed E-state index contributed by atoms with van der Waals surface area (Å²) in [5, 5.41) is 9.73. The van der Waals surface area contributed by atoms with Gasteiger partial charge in [-0.1, -0.05) is 6.08 Å². The van der Waals surface area contributed by atoms with Gasteiger partial charge in [-0.15, -0.1) is 6.58 Å². The Bertz CT molecular complexity index is 566. The molecule has 22 heavy (non-hydrogen) atoms. The van der Waals surface area contributed by atoms with Crippen LogP contribution in [0.4, 0.5) is 0 Å². The van der Waals surface area contributed by atoms with Gasteiger partial charge in [-0.3, -0.25) is 19.2 Å². The lowest BCUT2D eigenvalue weighted by Gasteiger charge is -2.34. The fourth-order valence-electron chi connectivity index (χ4n) is 2.62. The molecule has 7 heteroatoms. The maximum absolute atomic E-state index is 12.1. The summed E-state index contributed by atoms with van der Waals surface area (Å²) in [5.41, 5.74) is 2.13. The number of aromatic nitrogens is 2. The lowest BCUT2D eigenvalue weighted by molar-refractivity contribution is -0.134. The van der Waals surface area contributed by atoms with E-state index in [1.165, 1.54) is 0 Å². The number of nitrogens with zero attached hydrogens (tertiary/aromatic N) is 3. The van der Waals surface area contributed by atoms with Crippen molar-refractivity contribution in [2.24, 2.45) is 0 Å². The maximum Gasteiger partial charge on any atom is 0.237 e. The largest absolute Gasteiger partial charge is 0.359 e. The topological polar surface area (TPSA) is 79.3 Å². The van der Waals surface area contributed by atoms with Crippen LogP contribution in [0.2, 0.25) is 0 Å². The molecule has 1 atom stereocenters. The van der Waals surface area contributed by atoms with Crippen molar-refractivity contribution in [1.82, 2.24) is 25.3 Å². The minimum Gasteiger partial charge on any atom is -0.359 e. The van der Waals surface area contributed by atoms with Crippen molar-refractivity contribution in [2.45, 2.75) is 32.5 Å². The fraction of sp³-hybridized carbons (Fsp3) is 0.533. The summed E-state index contributed by atoms with van der Waals surface area (Å²) in [6.45, 7) is 8.31. The van der Waals surface area contributed by atoms with Crippen LogP contribution in [0.3, 0.4) is 0 Å². The van der Waals surface area contributed by atoms with E-state index in [9.17, 15) is 9.59 Å². The number of hydrogen-bond acceptors (Lipinski definition) is 4. The first-order valence-electron chi connectivity index (χ1n) is 7.41. The highest BCUT2D eigenvalue weighted by molar-refractivity contribution is 5.88. The van der Waals surface area contributed by atoms with Gasteiger partial charge in [-0.25, -0.2) is 0 Å². The predicted octanol–water partition coefficient (Wildman–Crippen LogP) is -0.186. The molecular weight excluding hydrogens is 282 g/mol. The molecule has 2 N–H and O–H groups in total. The normalized spacial score (nSPS) is 18.8. The number of piperazine rings is 1. The molecule has 2 amide bonds. The summed E-state index contributed by atoms with van der Waals surface area (Å²) in [5.74, 6) is -0.225. The molecule has 0 aliphatic carbocycles. The number of carbonyl (C=O) groups excluding carboxylic acids is 2. The van der Waals surface area contributed by atoms with Gasteiger partial charge in [0.05, 0.1) is 25.2 Å². The Hall–Kier alpha value is -2.15. The molecule has 2 heterocycles. The van der Waals surface area contributed by atoms with Gasteiger partial charge in [0.2, 0.25) is 11.8 Å². The van der Waals surface area contributed by atoms with E-state index in [2.05, 4.69) is 22.3 Å². The number of amides is 2. The molecule has 0 unspecified atom stereocenters. The number of allylic oxidation sites excluding steroid dienone is 1. The predicted molar refractivity (Wildman–Crippen MR) is 83.1 cm³/mol. The molecule has 0 bridgehead atoms. The summed E-state index contributed by atoms with van der Waals surface area (Å²) in [4.78, 5) is 25.7. The van der Waals surface area contributed by atoms with Crippen LogP contribution in [0.15, 0.2) is 18.9 Å². The Morgan fingerprint density at radius 2 is 2.41 bits per heavy atom. The molecule has 1 aromatic rings. The Morgan fingerprint density at radius 1 is 1.64 bits per heavy atom. The summed E-state index contributed by atoms with van der Waals surface area (Å²) < 4.78 is 1.88. The average Bonchev–Trinajstić information content (AvgIpc) is 2.84. The minimum atomic E-state index is -0.434. The molecule has 0 saturated carbocycles. The molecule has 1 aromatic heterocycles. The van der Waals surface area contributed by atoms with E-state index < -0.39 is 6.04 Å². The Labute approximate surface area is 130 Å². The first-order valence-corrected chi connectivity index (χ1v) is 7.41. The fourth-order valence-corrected chi connectivity index (χ4v) is 2.62. The van der Waals surface area contributed by atoms with Crippen molar-refractivity contribution >= 4 is 11.8 Å². The van der Waals surface area contributed by atoms with Crippen molar-refractivity contribution < 1.29 is 9.59 Å². The van der Waals surface area contributed by atoms with Crippen LogP contribution in [-0.4, -0.2) is 52.7 Å². The van der Waals surface area contributed by atoms with Crippen LogP contribution < -0.4 is 10.6 Å². The second-order valence-electron chi connectivity index (χ2n) is 5.38. The lowest BCUT2D eigenvalue weighted by atomic mass is 10.1. The highest BCUT2D eigenvalue weighted by atomic mass is 16.2. The molecule has 0 aromatic carbocycles. The smallest absolute Gasteiger partial charge is 0.237 e. The third kappa shape index (κ3) is 3.54. The van der Waals surface area contributed by atoms with Gasteiger partial charge in [0, 0.05) is 37.9 Å². The monoisotopic (exact) mass is 305 g/mol. The van der Waals surface area contributed by atoms with Crippen molar-refractivity contribution in [3.63, 3.8) is 0 Å². The van der Waals surface area contributed by atoms with Crippen LogP contribution in [0.1, 0.15) is 17.7 Å². The van der Waals surface area contributed by atoms with Gasteiger partial charge >= 0.3 is 0 Å². The molecular formula is C15H23N5O2. The van der Waals surface area contributed by atoms with Crippen LogP contribution in [-0.2, 0) is 22.7 Å². The van der Waals surface area contributed by atoms with Crippen LogP contribution >= 0.6 is 0 Å². The lowest BCUT2D eigenvalue weighted by Crippen LogP contribution is -2.56. The summed E-state index contributed by atoms with van der Waals surface area (Å²) in [6.07, 6.45) is 3.79. The van der Waals surface area contributed by atoms with E-state index in [1.807, 2.05) is 22.7 Å². The van der Waals surface area contributed by atoms with Crippen LogP contribution in [0.25, 0.3) is 0 Å². The maximum atomic E-state index is 12.1. The third-order valence-corrected chi connectivity index (χ3v) is 3.98. The molecule has 0 radical (unpaired) electrons. The van der Waals surface area contributed by atoms with Gasteiger partial charge in [0.15, 0.2) is 0 Å². The molecule has 1 aliphatic heterocycles. The first kappa shape index (κ1) is 16.2. The van der Waals surface area contributed by atoms with Crippen LogP contribution in [0, 0.1) is 6.92 Å². The zero-order valence-corrected chi connectivity index (χ0v) is 13.1. The second-order valence-corrected chi connectivity index (χ2v) is 5.38. The number of carbonyl (C=O) groups is 2. The Morgan fingerprint density at radius 3 is 3.09 bits per heavy atom. The van der Waals surface area contributed by atoms with E-state index in [4.69, 9.17) is 0 Å². The molecule has 1 saturated heterocycles. The molecule has 1 fully saturated rings. The highest BCUT2D eigenvalue weighted by Crippen LogP contribution is 2.16. The summed E-state index contributed by atoms with van der Waals surface area (Å²) in [7, 11) is 1.58. The van der Waals surface area contributed by atoms with E-state index >= 15 is 0 Å². The van der Waals surface area contributed by atoms with Gasteiger partial charge in [0.25, 0.3) is 0 Å².